The monoisotopic (exact) mass is 259 g/mol. The number of amides is 1. The summed E-state index contributed by atoms with van der Waals surface area (Å²) in [6.07, 6.45) is 3.49. The minimum absolute atomic E-state index is 0.0744. The van der Waals surface area contributed by atoms with E-state index in [0.717, 1.165) is 6.42 Å². The predicted octanol–water partition coefficient (Wildman–Crippen LogP) is 1.08. The Bertz CT molecular complexity index is 541. The molecule has 6 heteroatoms. The summed E-state index contributed by atoms with van der Waals surface area (Å²) in [6.45, 7) is 0. The van der Waals surface area contributed by atoms with Crippen LogP contribution in [0.25, 0.3) is 0 Å². The van der Waals surface area contributed by atoms with Gasteiger partial charge in [-0.1, -0.05) is 0 Å². The van der Waals surface area contributed by atoms with Crippen LogP contribution in [0.4, 0.5) is 0 Å². The van der Waals surface area contributed by atoms with Gasteiger partial charge in [0.15, 0.2) is 0 Å². The van der Waals surface area contributed by atoms with Crippen molar-refractivity contribution in [3.63, 3.8) is 0 Å². The van der Waals surface area contributed by atoms with E-state index in [2.05, 4.69) is 10.3 Å². The van der Waals surface area contributed by atoms with Crippen molar-refractivity contribution in [1.29, 1.82) is 5.26 Å². The molecular weight excluding hydrogens is 246 g/mol. The number of nitriles is 1. The van der Waals surface area contributed by atoms with E-state index in [4.69, 9.17) is 10.4 Å². The second-order valence-electron chi connectivity index (χ2n) is 4.70. The van der Waals surface area contributed by atoms with E-state index in [1.807, 2.05) is 6.07 Å². The van der Waals surface area contributed by atoms with Gasteiger partial charge in [-0.05, 0) is 31.4 Å². The number of rotatable bonds is 4. The number of nitrogens with zero attached hydrogens (tertiary/aromatic N) is 2. The van der Waals surface area contributed by atoms with E-state index in [1.165, 1.54) is 18.3 Å². The summed E-state index contributed by atoms with van der Waals surface area (Å²) in [4.78, 5) is 26.7. The average molecular weight is 259 g/mol. The lowest BCUT2D eigenvalue weighted by atomic mass is 9.74. The van der Waals surface area contributed by atoms with Crippen LogP contribution in [0.1, 0.15) is 41.7 Å². The highest BCUT2D eigenvalue weighted by molar-refractivity contribution is 5.93. The topological polar surface area (TPSA) is 103 Å². The number of pyridine rings is 1. The molecule has 2 rings (SSSR count). The van der Waals surface area contributed by atoms with Crippen molar-refractivity contribution in [2.24, 2.45) is 0 Å². The van der Waals surface area contributed by atoms with E-state index in [0.29, 0.717) is 18.4 Å². The summed E-state index contributed by atoms with van der Waals surface area (Å²) >= 11 is 0. The number of hydrogen-bond donors (Lipinski definition) is 2. The van der Waals surface area contributed by atoms with E-state index in [9.17, 15) is 9.59 Å². The molecule has 1 aliphatic carbocycles. The minimum Gasteiger partial charge on any atom is -0.481 e. The highest BCUT2D eigenvalue weighted by Gasteiger charge is 2.40. The van der Waals surface area contributed by atoms with Crippen LogP contribution in [0, 0.1) is 11.3 Å². The van der Waals surface area contributed by atoms with E-state index in [1.54, 1.807) is 0 Å². The zero-order valence-corrected chi connectivity index (χ0v) is 10.2. The van der Waals surface area contributed by atoms with Crippen molar-refractivity contribution in [3.05, 3.63) is 29.6 Å². The lowest BCUT2D eigenvalue weighted by molar-refractivity contribution is -0.139. The largest absolute Gasteiger partial charge is 0.481 e. The van der Waals surface area contributed by atoms with Crippen LogP contribution in [0.2, 0.25) is 0 Å². The van der Waals surface area contributed by atoms with Crippen LogP contribution < -0.4 is 5.32 Å². The van der Waals surface area contributed by atoms with Gasteiger partial charge < -0.3 is 10.4 Å². The van der Waals surface area contributed by atoms with Gasteiger partial charge in [0.25, 0.3) is 5.91 Å². The average Bonchev–Trinajstić information content (AvgIpc) is 2.35. The molecule has 1 amide bonds. The van der Waals surface area contributed by atoms with E-state index in [-0.39, 0.29) is 12.1 Å². The Balaban J connectivity index is 2.07. The molecule has 0 saturated heterocycles. The number of aromatic nitrogens is 1. The molecular formula is C13H13N3O3. The maximum Gasteiger partial charge on any atom is 0.305 e. The summed E-state index contributed by atoms with van der Waals surface area (Å²) in [6, 6.07) is 4.88. The molecule has 1 saturated carbocycles. The van der Waals surface area contributed by atoms with Crippen LogP contribution in [0.15, 0.2) is 18.3 Å². The van der Waals surface area contributed by atoms with Crippen molar-refractivity contribution < 1.29 is 14.7 Å². The molecule has 1 fully saturated rings. The normalized spacial score (nSPS) is 15.9. The molecule has 2 N–H and O–H groups in total. The van der Waals surface area contributed by atoms with Crippen molar-refractivity contribution in [2.75, 3.05) is 0 Å². The fraction of sp³-hybridized carbons (Fsp3) is 0.385. The Kier molecular flexibility index (Phi) is 3.47. The second-order valence-corrected chi connectivity index (χ2v) is 4.70. The molecule has 98 valence electrons. The summed E-state index contributed by atoms with van der Waals surface area (Å²) in [5.41, 5.74) is -0.0745. The number of carboxylic acids is 1. The molecule has 0 radical (unpaired) electrons. The molecule has 1 aromatic heterocycles. The first kappa shape index (κ1) is 13.0. The highest BCUT2D eigenvalue weighted by Crippen LogP contribution is 2.35. The van der Waals surface area contributed by atoms with Crippen LogP contribution in [-0.2, 0) is 4.79 Å². The van der Waals surface area contributed by atoms with Gasteiger partial charge in [0.2, 0.25) is 0 Å². The number of carboxylic acid groups (broad SMARTS) is 1. The minimum atomic E-state index is -0.923. The van der Waals surface area contributed by atoms with Crippen molar-refractivity contribution in [3.8, 4) is 6.07 Å². The van der Waals surface area contributed by atoms with Gasteiger partial charge in [0.05, 0.1) is 17.5 Å². The summed E-state index contributed by atoms with van der Waals surface area (Å²) in [5, 5.41) is 20.3. The third-order valence-corrected chi connectivity index (χ3v) is 3.30. The van der Waals surface area contributed by atoms with Gasteiger partial charge in [0.1, 0.15) is 11.8 Å². The first-order valence-electron chi connectivity index (χ1n) is 5.95. The molecule has 19 heavy (non-hydrogen) atoms. The summed E-state index contributed by atoms with van der Waals surface area (Å²) in [7, 11) is 0. The van der Waals surface area contributed by atoms with Gasteiger partial charge in [-0.15, -0.1) is 0 Å². The van der Waals surface area contributed by atoms with Gasteiger partial charge in [-0.2, -0.15) is 5.26 Å². The van der Waals surface area contributed by atoms with Gasteiger partial charge in [-0.3, -0.25) is 9.59 Å². The number of carbonyl (C=O) groups is 2. The number of nitrogens with one attached hydrogen (secondary N) is 1. The molecule has 0 aliphatic heterocycles. The van der Waals surface area contributed by atoms with Gasteiger partial charge in [0, 0.05) is 6.20 Å². The van der Waals surface area contributed by atoms with Crippen LogP contribution in [0.3, 0.4) is 0 Å². The molecule has 0 aromatic carbocycles. The number of hydrogen-bond acceptors (Lipinski definition) is 4. The zero-order chi connectivity index (χ0) is 13.9. The van der Waals surface area contributed by atoms with E-state index >= 15 is 0 Å². The first-order valence-corrected chi connectivity index (χ1v) is 5.95. The Morgan fingerprint density at radius 2 is 2.21 bits per heavy atom. The predicted molar refractivity (Wildman–Crippen MR) is 65.3 cm³/mol. The smallest absolute Gasteiger partial charge is 0.305 e. The quantitative estimate of drug-likeness (QED) is 0.842. The maximum atomic E-state index is 12.0. The number of aliphatic carboxylic acids is 1. The van der Waals surface area contributed by atoms with Crippen LogP contribution >= 0.6 is 0 Å². The molecule has 6 nitrogen and oxygen atoms in total. The molecule has 0 atom stereocenters. The molecule has 0 spiro atoms. The van der Waals surface area contributed by atoms with Crippen molar-refractivity contribution >= 4 is 11.9 Å². The van der Waals surface area contributed by atoms with Crippen LogP contribution in [-0.4, -0.2) is 27.5 Å². The summed E-state index contributed by atoms with van der Waals surface area (Å²) in [5.74, 6) is -1.32. The van der Waals surface area contributed by atoms with E-state index < -0.39 is 17.4 Å². The standard InChI is InChI=1S/C13H13N3O3/c14-7-9-2-3-10(15-8-9)12(19)16-13(4-1-5-13)6-11(17)18/h2-3,8H,1,4-6H2,(H,16,19)(H,17,18). The van der Waals surface area contributed by atoms with Crippen molar-refractivity contribution in [2.45, 2.75) is 31.2 Å². The molecule has 1 aromatic rings. The number of carbonyl (C=O) groups excluding carboxylic acids is 1. The molecule has 1 heterocycles. The van der Waals surface area contributed by atoms with Crippen molar-refractivity contribution in [1.82, 2.24) is 10.3 Å². The Morgan fingerprint density at radius 3 is 2.63 bits per heavy atom. The van der Waals surface area contributed by atoms with Gasteiger partial charge >= 0.3 is 5.97 Å². The zero-order valence-electron chi connectivity index (χ0n) is 10.2. The molecule has 0 bridgehead atoms. The lowest BCUT2D eigenvalue weighted by Crippen LogP contribution is -2.54. The summed E-state index contributed by atoms with van der Waals surface area (Å²) < 4.78 is 0. The third kappa shape index (κ3) is 2.88. The Hall–Kier alpha value is -2.42. The fourth-order valence-corrected chi connectivity index (χ4v) is 2.14. The SMILES string of the molecule is N#Cc1ccc(C(=O)NC2(CC(=O)O)CCC2)nc1. The third-order valence-electron chi connectivity index (χ3n) is 3.30. The first-order chi connectivity index (χ1) is 9.04. The molecule has 1 aliphatic rings. The highest BCUT2D eigenvalue weighted by atomic mass is 16.4. The lowest BCUT2D eigenvalue weighted by Gasteiger charge is -2.41. The molecule has 0 unspecified atom stereocenters. The second kappa shape index (κ2) is 5.06. The fourth-order valence-electron chi connectivity index (χ4n) is 2.14. The van der Waals surface area contributed by atoms with Gasteiger partial charge in [-0.25, -0.2) is 4.98 Å². The maximum absolute atomic E-state index is 12.0. The van der Waals surface area contributed by atoms with Crippen LogP contribution in [0.5, 0.6) is 0 Å². The Morgan fingerprint density at radius 1 is 1.47 bits per heavy atom. The Labute approximate surface area is 110 Å².